The number of nitrogens with one attached hydrogen (secondary N) is 2. The lowest BCUT2D eigenvalue weighted by Crippen LogP contribution is -2.36. The Kier molecular flexibility index (Phi) is 21.6. The summed E-state index contributed by atoms with van der Waals surface area (Å²) >= 11 is 0. The van der Waals surface area contributed by atoms with Gasteiger partial charge in [0.05, 0.1) is 0 Å². The molecule has 0 heterocycles. The lowest BCUT2D eigenvalue weighted by Gasteiger charge is -2.05. The topological polar surface area (TPSA) is 61.4 Å². The van der Waals surface area contributed by atoms with Gasteiger partial charge in [0.25, 0.3) is 0 Å². The van der Waals surface area contributed by atoms with Gasteiger partial charge in [-0.25, -0.2) is 4.79 Å². The van der Waals surface area contributed by atoms with Crippen molar-refractivity contribution >= 4 is 6.03 Å². The molecular weight excluding hydrogens is 324 g/mol. The summed E-state index contributed by atoms with van der Waals surface area (Å²) in [6, 6.07) is -0.278. The van der Waals surface area contributed by atoms with E-state index in [1.54, 1.807) is 0 Å². The molecule has 26 heavy (non-hydrogen) atoms. The van der Waals surface area contributed by atoms with Gasteiger partial charge in [0, 0.05) is 6.54 Å². The van der Waals surface area contributed by atoms with E-state index in [2.05, 4.69) is 17.6 Å². The molecule has 0 spiro atoms. The Morgan fingerprint density at radius 2 is 0.923 bits per heavy atom. The number of hydrogen-bond donors (Lipinski definition) is 3. The molecule has 0 unspecified atom stereocenters. The predicted molar refractivity (Wildman–Crippen MR) is 112 cm³/mol. The Bertz CT molecular complexity index is 285. The highest BCUT2D eigenvalue weighted by atomic mass is 16.3. The number of unbranched alkanes of at least 4 members (excludes halogenated alkanes) is 17. The van der Waals surface area contributed by atoms with Gasteiger partial charge in [0.2, 0.25) is 0 Å². The van der Waals surface area contributed by atoms with Crippen molar-refractivity contribution in [3.05, 3.63) is 0 Å². The third-order valence-electron chi connectivity index (χ3n) is 5.06. The molecule has 0 aromatic rings. The zero-order chi connectivity index (χ0) is 19.1. The average molecular weight is 371 g/mol. The summed E-state index contributed by atoms with van der Waals surface area (Å²) in [5, 5.41) is 13.6. The van der Waals surface area contributed by atoms with Crippen molar-refractivity contribution in [1.29, 1.82) is 0 Å². The largest absolute Gasteiger partial charge is 0.376 e. The molecule has 0 atom stereocenters. The second-order valence-corrected chi connectivity index (χ2v) is 7.60. The third kappa shape index (κ3) is 21.3. The van der Waals surface area contributed by atoms with Gasteiger partial charge in [0.1, 0.15) is 6.73 Å². The number of carbonyl (C=O) groups excluding carboxylic acids is 1. The number of aliphatic hydroxyl groups excluding tert-OH is 1. The van der Waals surface area contributed by atoms with Crippen LogP contribution in [0.25, 0.3) is 0 Å². The van der Waals surface area contributed by atoms with Crippen LogP contribution in [0.15, 0.2) is 0 Å². The lowest BCUT2D eigenvalue weighted by atomic mass is 10.0. The molecule has 0 radical (unpaired) electrons. The number of urea groups is 1. The lowest BCUT2D eigenvalue weighted by molar-refractivity contribution is 0.217. The minimum Gasteiger partial charge on any atom is -0.376 e. The molecule has 0 saturated carbocycles. The highest BCUT2D eigenvalue weighted by Crippen LogP contribution is 2.14. The van der Waals surface area contributed by atoms with Gasteiger partial charge in [-0.05, 0) is 6.42 Å². The molecule has 0 fully saturated rings. The van der Waals surface area contributed by atoms with Gasteiger partial charge in [-0.2, -0.15) is 0 Å². The highest BCUT2D eigenvalue weighted by molar-refractivity contribution is 5.73. The SMILES string of the molecule is CCCCCCCCCCCCCCCCCCCCNC(=O)NCO. The van der Waals surface area contributed by atoms with E-state index >= 15 is 0 Å². The molecule has 0 aliphatic carbocycles. The Morgan fingerprint density at radius 3 is 1.27 bits per heavy atom. The fourth-order valence-electron chi connectivity index (χ4n) is 3.36. The fourth-order valence-corrected chi connectivity index (χ4v) is 3.36. The van der Waals surface area contributed by atoms with Crippen LogP contribution in [-0.2, 0) is 0 Å². The number of carbonyl (C=O) groups is 1. The van der Waals surface area contributed by atoms with Crippen LogP contribution in [0.5, 0.6) is 0 Å². The van der Waals surface area contributed by atoms with Gasteiger partial charge in [-0.1, -0.05) is 116 Å². The van der Waals surface area contributed by atoms with E-state index in [1.807, 2.05) is 0 Å². The summed E-state index contributed by atoms with van der Waals surface area (Å²) in [6.07, 6.45) is 24.7. The van der Waals surface area contributed by atoms with Gasteiger partial charge in [-0.15, -0.1) is 0 Å². The molecule has 0 aromatic carbocycles. The first-order valence-corrected chi connectivity index (χ1v) is 11.4. The van der Waals surface area contributed by atoms with E-state index in [4.69, 9.17) is 5.11 Å². The number of hydrogen-bond acceptors (Lipinski definition) is 2. The summed E-state index contributed by atoms with van der Waals surface area (Å²) in [7, 11) is 0. The van der Waals surface area contributed by atoms with Crippen molar-refractivity contribution in [3.63, 3.8) is 0 Å². The molecule has 4 nitrogen and oxygen atoms in total. The molecule has 156 valence electrons. The van der Waals surface area contributed by atoms with Crippen LogP contribution < -0.4 is 10.6 Å². The predicted octanol–water partition coefficient (Wildman–Crippen LogP) is 6.28. The van der Waals surface area contributed by atoms with Gasteiger partial charge in [0.15, 0.2) is 0 Å². The first kappa shape index (κ1) is 25.2. The smallest absolute Gasteiger partial charge is 0.316 e. The summed E-state index contributed by atoms with van der Waals surface area (Å²) in [5.41, 5.74) is 0. The van der Waals surface area contributed by atoms with Crippen LogP contribution in [0.2, 0.25) is 0 Å². The Labute approximate surface area is 162 Å². The maximum absolute atomic E-state index is 11.0. The summed E-state index contributed by atoms with van der Waals surface area (Å²) < 4.78 is 0. The molecule has 4 heteroatoms. The average Bonchev–Trinajstić information content (AvgIpc) is 2.64. The second kappa shape index (κ2) is 22.3. The van der Waals surface area contributed by atoms with E-state index in [1.165, 1.54) is 109 Å². The summed E-state index contributed by atoms with van der Waals surface area (Å²) in [6.45, 7) is 2.68. The minimum atomic E-state index is -0.301. The van der Waals surface area contributed by atoms with Gasteiger partial charge >= 0.3 is 6.03 Å². The maximum Gasteiger partial charge on any atom is 0.316 e. The zero-order valence-electron chi connectivity index (χ0n) is 17.5. The second-order valence-electron chi connectivity index (χ2n) is 7.60. The van der Waals surface area contributed by atoms with Crippen LogP contribution >= 0.6 is 0 Å². The summed E-state index contributed by atoms with van der Waals surface area (Å²) in [4.78, 5) is 11.0. The zero-order valence-corrected chi connectivity index (χ0v) is 17.5. The van der Waals surface area contributed by atoms with Crippen LogP contribution in [0.4, 0.5) is 4.79 Å². The van der Waals surface area contributed by atoms with Crippen LogP contribution in [0.3, 0.4) is 0 Å². The van der Waals surface area contributed by atoms with Crippen LogP contribution in [0.1, 0.15) is 122 Å². The number of aliphatic hydroxyl groups is 1. The fraction of sp³-hybridized carbons (Fsp3) is 0.955. The Morgan fingerprint density at radius 1 is 0.577 bits per heavy atom. The minimum absolute atomic E-state index is 0.278. The quantitative estimate of drug-likeness (QED) is 0.174. The highest BCUT2D eigenvalue weighted by Gasteiger charge is 1.97. The van der Waals surface area contributed by atoms with E-state index in [0.717, 1.165) is 6.42 Å². The molecule has 0 saturated heterocycles. The Balaban J connectivity index is 3.02. The molecule has 0 aliphatic rings. The maximum atomic E-state index is 11.0. The monoisotopic (exact) mass is 370 g/mol. The van der Waals surface area contributed by atoms with Crippen molar-refractivity contribution in [2.45, 2.75) is 122 Å². The molecular formula is C22H46N2O2. The third-order valence-corrected chi connectivity index (χ3v) is 5.06. The van der Waals surface area contributed by atoms with Crippen LogP contribution in [0, 0.1) is 0 Å². The van der Waals surface area contributed by atoms with E-state index in [0.29, 0.717) is 6.54 Å². The van der Waals surface area contributed by atoms with Crippen molar-refractivity contribution in [3.8, 4) is 0 Å². The molecule has 0 rings (SSSR count). The number of amides is 2. The first-order valence-electron chi connectivity index (χ1n) is 11.4. The van der Waals surface area contributed by atoms with E-state index in [9.17, 15) is 4.79 Å². The van der Waals surface area contributed by atoms with E-state index in [-0.39, 0.29) is 12.8 Å². The molecule has 0 bridgehead atoms. The van der Waals surface area contributed by atoms with Crippen LogP contribution in [-0.4, -0.2) is 24.4 Å². The van der Waals surface area contributed by atoms with Gasteiger partial charge < -0.3 is 15.7 Å². The van der Waals surface area contributed by atoms with Crippen molar-refractivity contribution in [2.24, 2.45) is 0 Å². The Hall–Kier alpha value is -0.770. The summed E-state index contributed by atoms with van der Waals surface area (Å²) in [5.74, 6) is 0. The molecule has 3 N–H and O–H groups in total. The molecule has 0 aliphatic heterocycles. The van der Waals surface area contributed by atoms with E-state index < -0.39 is 0 Å². The standard InChI is InChI=1S/C22H46N2O2/c1-2-3-4-5-6-7-8-9-10-11-12-13-14-15-16-17-18-19-20-23-22(26)24-21-25/h25H,2-21H2,1H3,(H2,23,24,26). The molecule has 0 aromatic heterocycles. The van der Waals surface area contributed by atoms with Crippen molar-refractivity contribution < 1.29 is 9.90 Å². The molecule has 2 amide bonds. The first-order chi connectivity index (χ1) is 12.8. The van der Waals surface area contributed by atoms with Crippen molar-refractivity contribution in [2.75, 3.05) is 13.3 Å². The number of rotatable bonds is 20. The normalized spacial score (nSPS) is 10.8. The van der Waals surface area contributed by atoms with Gasteiger partial charge in [-0.3, -0.25) is 0 Å². The van der Waals surface area contributed by atoms with Crippen molar-refractivity contribution in [1.82, 2.24) is 10.6 Å².